The lowest BCUT2D eigenvalue weighted by Gasteiger charge is -2.08. The van der Waals surface area contributed by atoms with Gasteiger partial charge in [-0.1, -0.05) is 18.2 Å². The van der Waals surface area contributed by atoms with Gasteiger partial charge < -0.3 is 15.8 Å². The molecule has 1 aromatic carbocycles. The van der Waals surface area contributed by atoms with Crippen LogP contribution >= 0.6 is 12.4 Å². The summed E-state index contributed by atoms with van der Waals surface area (Å²) < 4.78 is 5.16. The van der Waals surface area contributed by atoms with Crippen LogP contribution in [0.25, 0.3) is 0 Å². The Morgan fingerprint density at radius 3 is 2.75 bits per heavy atom. The molecular weight excluding hydrogens is 228 g/mol. The van der Waals surface area contributed by atoms with Crippen LogP contribution in [0.4, 0.5) is 0 Å². The Hall–Kier alpha value is -1.26. The molecule has 0 aromatic heterocycles. The average Bonchev–Trinajstić information content (AvgIpc) is 2.27. The Morgan fingerprint density at radius 2 is 2.12 bits per heavy atom. The maximum absolute atomic E-state index is 11.2. The van der Waals surface area contributed by atoms with Gasteiger partial charge in [-0.15, -0.1) is 12.4 Å². The number of hydrogen-bond acceptors (Lipinski definition) is 3. The molecule has 0 aliphatic carbocycles. The second-order valence-electron chi connectivity index (χ2n) is 3.13. The van der Waals surface area contributed by atoms with Crippen LogP contribution in [-0.2, 0) is 11.3 Å². The summed E-state index contributed by atoms with van der Waals surface area (Å²) in [5, 5.41) is 2.78. The third-order valence-electron chi connectivity index (χ3n) is 2.04. The highest BCUT2D eigenvalue weighted by molar-refractivity contribution is 5.85. The van der Waals surface area contributed by atoms with Gasteiger partial charge in [0, 0.05) is 25.1 Å². The molecule has 4 nitrogen and oxygen atoms in total. The largest absolute Gasteiger partial charge is 0.496 e. The van der Waals surface area contributed by atoms with Crippen molar-refractivity contribution in [1.82, 2.24) is 5.32 Å². The molecule has 1 rings (SSSR count). The number of nitrogens with two attached hydrogens (primary N) is 1. The molecule has 0 atom stereocenters. The van der Waals surface area contributed by atoms with E-state index in [4.69, 9.17) is 10.5 Å². The highest BCUT2D eigenvalue weighted by Crippen LogP contribution is 2.16. The molecule has 0 radical (unpaired) electrons. The predicted molar refractivity (Wildman–Crippen MR) is 65.8 cm³/mol. The first kappa shape index (κ1) is 14.7. The SMILES string of the molecule is COc1ccccc1CNC(=O)CCN.Cl. The van der Waals surface area contributed by atoms with Crippen LogP contribution in [0.15, 0.2) is 24.3 Å². The molecule has 3 N–H and O–H groups in total. The van der Waals surface area contributed by atoms with Crippen molar-refractivity contribution < 1.29 is 9.53 Å². The molecule has 5 heteroatoms. The summed E-state index contributed by atoms with van der Waals surface area (Å²) in [4.78, 5) is 11.2. The number of rotatable bonds is 5. The fraction of sp³-hybridized carbons (Fsp3) is 0.364. The number of benzene rings is 1. The lowest BCUT2D eigenvalue weighted by molar-refractivity contribution is -0.121. The molecule has 0 saturated heterocycles. The van der Waals surface area contributed by atoms with Crippen LogP contribution in [0.3, 0.4) is 0 Å². The average molecular weight is 245 g/mol. The first-order valence-electron chi connectivity index (χ1n) is 4.86. The molecule has 0 spiro atoms. The first-order chi connectivity index (χ1) is 7.27. The maximum atomic E-state index is 11.2. The summed E-state index contributed by atoms with van der Waals surface area (Å²) in [6, 6.07) is 7.59. The molecule has 0 unspecified atom stereocenters. The molecule has 0 heterocycles. The number of hydrogen-bond donors (Lipinski definition) is 2. The second kappa shape index (κ2) is 7.96. The van der Waals surface area contributed by atoms with E-state index in [1.165, 1.54) is 0 Å². The standard InChI is InChI=1S/C11H16N2O2.ClH/c1-15-10-5-3-2-4-9(10)8-13-11(14)6-7-12;/h2-5H,6-8,12H2,1H3,(H,13,14);1H. The number of ether oxygens (including phenoxy) is 1. The molecule has 0 fully saturated rings. The zero-order valence-corrected chi connectivity index (χ0v) is 10.0. The highest BCUT2D eigenvalue weighted by Gasteiger charge is 2.03. The van der Waals surface area contributed by atoms with Crippen LogP contribution in [0.2, 0.25) is 0 Å². The lowest BCUT2D eigenvalue weighted by atomic mass is 10.2. The lowest BCUT2D eigenvalue weighted by Crippen LogP contribution is -2.25. The van der Waals surface area contributed by atoms with Crippen molar-refractivity contribution in [2.45, 2.75) is 13.0 Å². The fourth-order valence-corrected chi connectivity index (χ4v) is 1.26. The summed E-state index contributed by atoms with van der Waals surface area (Å²) in [6.45, 7) is 0.848. The Kier molecular flexibility index (Phi) is 7.33. The number of para-hydroxylation sites is 1. The minimum Gasteiger partial charge on any atom is -0.496 e. The maximum Gasteiger partial charge on any atom is 0.221 e. The van der Waals surface area contributed by atoms with Gasteiger partial charge in [0.1, 0.15) is 5.75 Å². The minimum absolute atomic E-state index is 0. The summed E-state index contributed by atoms with van der Waals surface area (Å²) in [6.07, 6.45) is 0.356. The van der Waals surface area contributed by atoms with E-state index in [2.05, 4.69) is 5.32 Å². The Labute approximate surface area is 102 Å². The molecular formula is C11H17ClN2O2. The molecule has 0 saturated carbocycles. The van der Waals surface area contributed by atoms with E-state index in [0.717, 1.165) is 11.3 Å². The van der Waals surface area contributed by atoms with Crippen molar-refractivity contribution in [2.75, 3.05) is 13.7 Å². The van der Waals surface area contributed by atoms with E-state index in [0.29, 0.717) is 19.5 Å². The number of nitrogens with one attached hydrogen (secondary N) is 1. The zero-order valence-electron chi connectivity index (χ0n) is 9.23. The van der Waals surface area contributed by atoms with Crippen LogP contribution in [0.1, 0.15) is 12.0 Å². The number of amides is 1. The second-order valence-corrected chi connectivity index (χ2v) is 3.13. The number of carbonyl (C=O) groups excluding carboxylic acids is 1. The fourth-order valence-electron chi connectivity index (χ4n) is 1.26. The van der Waals surface area contributed by atoms with Gasteiger partial charge in [0.25, 0.3) is 0 Å². The Morgan fingerprint density at radius 1 is 1.44 bits per heavy atom. The van der Waals surface area contributed by atoms with Crippen LogP contribution in [0, 0.1) is 0 Å². The van der Waals surface area contributed by atoms with E-state index in [1.807, 2.05) is 24.3 Å². The van der Waals surface area contributed by atoms with E-state index >= 15 is 0 Å². The van der Waals surface area contributed by atoms with Crippen molar-refractivity contribution in [3.63, 3.8) is 0 Å². The number of halogens is 1. The third-order valence-corrected chi connectivity index (χ3v) is 2.04. The van der Waals surface area contributed by atoms with Crippen LogP contribution in [-0.4, -0.2) is 19.6 Å². The van der Waals surface area contributed by atoms with Crippen molar-refractivity contribution in [1.29, 1.82) is 0 Å². The van der Waals surface area contributed by atoms with Crippen molar-refractivity contribution in [3.05, 3.63) is 29.8 Å². The Balaban J connectivity index is 0.00000225. The first-order valence-corrected chi connectivity index (χ1v) is 4.86. The highest BCUT2D eigenvalue weighted by atomic mass is 35.5. The molecule has 0 aliphatic rings. The van der Waals surface area contributed by atoms with Gasteiger partial charge in [-0.25, -0.2) is 0 Å². The van der Waals surface area contributed by atoms with Gasteiger partial charge in [-0.2, -0.15) is 0 Å². The van der Waals surface area contributed by atoms with Crippen molar-refractivity contribution >= 4 is 18.3 Å². The van der Waals surface area contributed by atoms with E-state index in [1.54, 1.807) is 7.11 Å². The van der Waals surface area contributed by atoms with Crippen molar-refractivity contribution in [2.24, 2.45) is 5.73 Å². The molecule has 90 valence electrons. The summed E-state index contributed by atoms with van der Waals surface area (Å²) in [7, 11) is 1.61. The molecule has 0 bridgehead atoms. The van der Waals surface area contributed by atoms with Gasteiger partial charge in [0.05, 0.1) is 7.11 Å². The summed E-state index contributed by atoms with van der Waals surface area (Å²) >= 11 is 0. The van der Waals surface area contributed by atoms with Crippen LogP contribution in [0.5, 0.6) is 5.75 Å². The zero-order chi connectivity index (χ0) is 11.1. The molecule has 1 aromatic rings. The van der Waals surface area contributed by atoms with Gasteiger partial charge >= 0.3 is 0 Å². The molecule has 0 aliphatic heterocycles. The van der Waals surface area contributed by atoms with Gasteiger partial charge in [-0.3, -0.25) is 4.79 Å². The molecule has 16 heavy (non-hydrogen) atoms. The quantitative estimate of drug-likeness (QED) is 0.815. The molecule has 1 amide bonds. The Bertz CT molecular complexity index is 332. The van der Waals surface area contributed by atoms with Gasteiger partial charge in [0.15, 0.2) is 0 Å². The predicted octanol–water partition coefficient (Wildman–Crippen LogP) is 1.08. The minimum atomic E-state index is -0.0385. The summed E-state index contributed by atoms with van der Waals surface area (Å²) in [5.74, 6) is 0.744. The van der Waals surface area contributed by atoms with Crippen LogP contribution < -0.4 is 15.8 Å². The monoisotopic (exact) mass is 244 g/mol. The third kappa shape index (κ3) is 4.51. The number of carbonyl (C=O) groups is 1. The van der Waals surface area contributed by atoms with Gasteiger partial charge in [-0.05, 0) is 6.07 Å². The topological polar surface area (TPSA) is 64.3 Å². The normalized spacial score (nSPS) is 9.12. The van der Waals surface area contributed by atoms with E-state index < -0.39 is 0 Å². The van der Waals surface area contributed by atoms with Gasteiger partial charge in [0.2, 0.25) is 5.91 Å². The van der Waals surface area contributed by atoms with E-state index in [9.17, 15) is 4.79 Å². The number of methoxy groups -OCH3 is 1. The summed E-state index contributed by atoms with van der Waals surface area (Å²) in [5.41, 5.74) is 6.23. The van der Waals surface area contributed by atoms with E-state index in [-0.39, 0.29) is 18.3 Å². The van der Waals surface area contributed by atoms with Crippen molar-refractivity contribution in [3.8, 4) is 5.75 Å². The smallest absolute Gasteiger partial charge is 0.221 e.